The Morgan fingerprint density at radius 3 is 2.56 bits per heavy atom. The van der Waals surface area contributed by atoms with Gasteiger partial charge in [0, 0.05) is 5.92 Å². The maximum absolute atomic E-state index is 6.00. The molecule has 1 unspecified atom stereocenters. The zero-order chi connectivity index (χ0) is 11.5. The molecule has 2 rings (SSSR count). The minimum Gasteiger partial charge on any atom is -0.370 e. The van der Waals surface area contributed by atoms with Crippen LogP contribution in [0, 0.1) is 0 Å². The Kier molecular flexibility index (Phi) is 3.45. The Hall–Kier alpha value is -1.08. The minimum atomic E-state index is 0.255. The Morgan fingerprint density at radius 1 is 1.25 bits per heavy atom. The van der Waals surface area contributed by atoms with Crippen molar-refractivity contribution >= 4 is 0 Å². The summed E-state index contributed by atoms with van der Waals surface area (Å²) in [4.78, 5) is 0. The van der Waals surface area contributed by atoms with Crippen LogP contribution in [-0.2, 0) is 4.74 Å². The van der Waals surface area contributed by atoms with Crippen molar-refractivity contribution in [3.8, 4) is 0 Å². The average molecular weight is 216 g/mol. The van der Waals surface area contributed by atoms with E-state index in [1.807, 2.05) is 0 Å². The van der Waals surface area contributed by atoms with E-state index in [2.05, 4.69) is 57.2 Å². The topological polar surface area (TPSA) is 9.23 Å². The van der Waals surface area contributed by atoms with Gasteiger partial charge in [0.15, 0.2) is 0 Å². The van der Waals surface area contributed by atoms with E-state index in [1.165, 1.54) is 11.1 Å². The first-order valence-electron chi connectivity index (χ1n) is 6.04. The van der Waals surface area contributed by atoms with Gasteiger partial charge in [0.1, 0.15) is 0 Å². The number of rotatable bonds is 2. The summed E-state index contributed by atoms with van der Waals surface area (Å²) < 4.78 is 6.00. The van der Waals surface area contributed by atoms with E-state index >= 15 is 0 Å². The van der Waals surface area contributed by atoms with Gasteiger partial charge in [-0.2, -0.15) is 0 Å². The van der Waals surface area contributed by atoms with Crippen molar-refractivity contribution in [3.63, 3.8) is 0 Å². The molecule has 0 radical (unpaired) electrons. The van der Waals surface area contributed by atoms with Crippen molar-refractivity contribution in [3.05, 3.63) is 47.5 Å². The summed E-state index contributed by atoms with van der Waals surface area (Å²) in [6.07, 6.45) is 3.85. The Morgan fingerprint density at radius 2 is 1.94 bits per heavy atom. The third-order valence-corrected chi connectivity index (χ3v) is 3.31. The van der Waals surface area contributed by atoms with E-state index in [4.69, 9.17) is 4.74 Å². The molecule has 0 amide bonds. The summed E-state index contributed by atoms with van der Waals surface area (Å²) in [5.41, 5.74) is 2.82. The van der Waals surface area contributed by atoms with Crippen LogP contribution < -0.4 is 0 Å². The molecule has 0 fully saturated rings. The number of hydrogen-bond donors (Lipinski definition) is 0. The van der Waals surface area contributed by atoms with Crippen molar-refractivity contribution in [1.82, 2.24) is 0 Å². The minimum absolute atomic E-state index is 0.255. The second-order valence-corrected chi connectivity index (χ2v) is 4.80. The highest BCUT2D eigenvalue weighted by molar-refractivity contribution is 5.21. The molecule has 86 valence electrons. The third-order valence-electron chi connectivity index (χ3n) is 3.31. The van der Waals surface area contributed by atoms with Crippen molar-refractivity contribution < 1.29 is 4.74 Å². The maximum Gasteiger partial charge on any atom is 0.0734 e. The van der Waals surface area contributed by atoms with E-state index in [-0.39, 0.29) is 6.10 Å². The van der Waals surface area contributed by atoms with Crippen molar-refractivity contribution in [2.45, 2.75) is 45.3 Å². The van der Waals surface area contributed by atoms with E-state index in [0.29, 0.717) is 12.0 Å². The largest absolute Gasteiger partial charge is 0.370 e. The molecule has 1 aromatic carbocycles. The molecule has 3 atom stereocenters. The zero-order valence-corrected chi connectivity index (χ0v) is 10.3. The Labute approximate surface area is 98.1 Å². The molecule has 0 N–H and O–H groups in total. The highest BCUT2D eigenvalue weighted by Gasteiger charge is 2.24. The monoisotopic (exact) mass is 216 g/mol. The first-order valence-corrected chi connectivity index (χ1v) is 6.04. The van der Waals surface area contributed by atoms with Crippen LogP contribution in [0.5, 0.6) is 0 Å². The molecular weight excluding hydrogens is 196 g/mol. The molecular formula is C15H20O. The second-order valence-electron chi connectivity index (χ2n) is 4.80. The van der Waals surface area contributed by atoms with Crippen LogP contribution in [0.2, 0.25) is 0 Å². The highest BCUT2D eigenvalue weighted by Crippen LogP contribution is 2.30. The van der Waals surface area contributed by atoms with Gasteiger partial charge < -0.3 is 4.74 Å². The molecule has 1 heteroatoms. The summed E-state index contributed by atoms with van der Waals surface area (Å²) >= 11 is 0. The summed E-state index contributed by atoms with van der Waals surface area (Å²) in [5, 5.41) is 0. The zero-order valence-electron chi connectivity index (χ0n) is 10.3. The molecule has 0 saturated carbocycles. The summed E-state index contributed by atoms with van der Waals surface area (Å²) in [7, 11) is 0. The fraction of sp³-hybridized carbons (Fsp3) is 0.467. The smallest absolute Gasteiger partial charge is 0.0734 e. The lowest BCUT2D eigenvalue weighted by atomic mass is 9.89. The van der Waals surface area contributed by atoms with Gasteiger partial charge in [-0.05, 0) is 25.8 Å². The molecule has 1 aliphatic rings. The molecule has 1 nitrogen and oxygen atoms in total. The second kappa shape index (κ2) is 4.84. The van der Waals surface area contributed by atoms with Crippen LogP contribution in [0.4, 0.5) is 0 Å². The SMILES string of the molecule is CC1=C[C@H](C)O[C@H](C(C)c2ccccc2)C1. The molecule has 1 aliphatic heterocycles. The molecule has 16 heavy (non-hydrogen) atoms. The third kappa shape index (κ3) is 2.53. The predicted molar refractivity (Wildman–Crippen MR) is 67.6 cm³/mol. The molecule has 0 spiro atoms. The van der Waals surface area contributed by atoms with Crippen LogP contribution in [0.1, 0.15) is 38.7 Å². The van der Waals surface area contributed by atoms with Gasteiger partial charge in [-0.3, -0.25) is 0 Å². The lowest BCUT2D eigenvalue weighted by Crippen LogP contribution is -2.28. The predicted octanol–water partition coefficient (Wildman–Crippen LogP) is 3.91. The summed E-state index contributed by atoms with van der Waals surface area (Å²) in [5.74, 6) is 0.465. The van der Waals surface area contributed by atoms with Crippen molar-refractivity contribution in [2.24, 2.45) is 0 Å². The van der Waals surface area contributed by atoms with Crippen LogP contribution in [0.15, 0.2) is 42.0 Å². The molecule has 1 heterocycles. The first-order chi connectivity index (χ1) is 7.66. The van der Waals surface area contributed by atoms with E-state index in [9.17, 15) is 0 Å². The van der Waals surface area contributed by atoms with Crippen LogP contribution >= 0.6 is 0 Å². The molecule has 0 bridgehead atoms. The standard InChI is InChI=1S/C15H20O/c1-11-9-12(2)16-15(10-11)13(3)14-7-5-4-6-8-14/h4-9,12-13,15H,10H2,1-3H3/t12-,13?,15-/m0/s1. The number of hydrogen-bond acceptors (Lipinski definition) is 1. The van der Waals surface area contributed by atoms with Crippen molar-refractivity contribution in [1.29, 1.82) is 0 Å². The van der Waals surface area contributed by atoms with Crippen LogP contribution in [-0.4, -0.2) is 12.2 Å². The van der Waals surface area contributed by atoms with Gasteiger partial charge in [0.2, 0.25) is 0 Å². The van der Waals surface area contributed by atoms with E-state index < -0.39 is 0 Å². The Balaban J connectivity index is 2.12. The number of benzene rings is 1. The Bertz CT molecular complexity index is 366. The van der Waals surface area contributed by atoms with Crippen molar-refractivity contribution in [2.75, 3.05) is 0 Å². The fourth-order valence-corrected chi connectivity index (χ4v) is 2.42. The molecule has 0 saturated heterocycles. The normalized spacial score (nSPS) is 27.3. The van der Waals surface area contributed by atoms with E-state index in [1.54, 1.807) is 0 Å². The molecule has 0 aromatic heterocycles. The van der Waals surface area contributed by atoms with Gasteiger partial charge in [0.05, 0.1) is 12.2 Å². The maximum atomic E-state index is 6.00. The van der Waals surface area contributed by atoms with Gasteiger partial charge in [-0.1, -0.05) is 48.9 Å². The fourth-order valence-electron chi connectivity index (χ4n) is 2.42. The van der Waals surface area contributed by atoms with Gasteiger partial charge in [-0.15, -0.1) is 0 Å². The lowest BCUT2D eigenvalue weighted by molar-refractivity contribution is -0.000553. The van der Waals surface area contributed by atoms with Crippen LogP contribution in [0.3, 0.4) is 0 Å². The molecule has 0 aliphatic carbocycles. The summed E-state index contributed by atoms with van der Waals surface area (Å²) in [6.45, 7) is 6.57. The molecule has 1 aromatic rings. The number of ether oxygens (including phenoxy) is 1. The quantitative estimate of drug-likeness (QED) is 0.681. The first kappa shape index (κ1) is 11.4. The average Bonchev–Trinajstić information content (AvgIpc) is 2.28. The van der Waals surface area contributed by atoms with Gasteiger partial charge in [0.25, 0.3) is 0 Å². The lowest BCUT2D eigenvalue weighted by Gasteiger charge is -2.31. The van der Waals surface area contributed by atoms with Gasteiger partial charge >= 0.3 is 0 Å². The van der Waals surface area contributed by atoms with E-state index in [0.717, 1.165) is 6.42 Å². The van der Waals surface area contributed by atoms with Crippen LogP contribution in [0.25, 0.3) is 0 Å². The van der Waals surface area contributed by atoms with Gasteiger partial charge in [-0.25, -0.2) is 0 Å². The summed E-state index contributed by atoms with van der Waals surface area (Å²) in [6, 6.07) is 10.6. The highest BCUT2D eigenvalue weighted by atomic mass is 16.5.